The largest absolute Gasteiger partial charge is 0.489 e. The fourth-order valence-corrected chi connectivity index (χ4v) is 3.07. The highest BCUT2D eigenvalue weighted by Crippen LogP contribution is 2.32. The molecular formula is C21H18F3N5O4. The maximum absolute atomic E-state index is 12.7. The van der Waals surface area contributed by atoms with Gasteiger partial charge in [-0.05, 0) is 43.2 Å². The van der Waals surface area contributed by atoms with Crippen molar-refractivity contribution in [1.82, 2.24) is 25.3 Å². The Balaban J connectivity index is 1.34. The quantitative estimate of drug-likeness (QED) is 0.365. The SMILES string of the molecule is Cc1nc(-c2ccc(OCCOc3c(C)cc(-c4noc(C(F)(F)F)n4)cc3C)nc2)no1. The number of alkyl halides is 3. The highest BCUT2D eigenvalue weighted by Gasteiger charge is 2.38. The van der Waals surface area contributed by atoms with Gasteiger partial charge in [0.25, 0.3) is 0 Å². The summed E-state index contributed by atoms with van der Waals surface area (Å²) in [6.07, 6.45) is -3.12. The lowest BCUT2D eigenvalue weighted by Gasteiger charge is -2.13. The summed E-state index contributed by atoms with van der Waals surface area (Å²) in [6, 6.07) is 6.72. The maximum Gasteiger partial charge on any atom is 0.471 e. The molecule has 3 heterocycles. The number of hydrogen-bond acceptors (Lipinski definition) is 9. The molecule has 172 valence electrons. The Labute approximate surface area is 185 Å². The van der Waals surface area contributed by atoms with Crippen LogP contribution in [0, 0.1) is 20.8 Å². The number of rotatable bonds is 7. The zero-order chi connectivity index (χ0) is 23.6. The Morgan fingerprint density at radius 1 is 0.848 bits per heavy atom. The molecule has 12 heteroatoms. The number of nitrogens with zero attached hydrogens (tertiary/aromatic N) is 5. The topological polar surface area (TPSA) is 109 Å². The van der Waals surface area contributed by atoms with Crippen LogP contribution in [0.25, 0.3) is 22.8 Å². The lowest BCUT2D eigenvalue weighted by atomic mass is 10.1. The van der Waals surface area contributed by atoms with Crippen LogP contribution in [0.5, 0.6) is 11.6 Å². The van der Waals surface area contributed by atoms with Gasteiger partial charge in [0.15, 0.2) is 0 Å². The minimum absolute atomic E-state index is 0.145. The second-order valence-electron chi connectivity index (χ2n) is 7.08. The van der Waals surface area contributed by atoms with Gasteiger partial charge in [-0.15, -0.1) is 0 Å². The van der Waals surface area contributed by atoms with Crippen molar-refractivity contribution in [2.24, 2.45) is 0 Å². The number of aryl methyl sites for hydroxylation is 3. The molecule has 0 atom stereocenters. The Hall–Kier alpha value is -3.96. The first-order valence-electron chi connectivity index (χ1n) is 9.75. The molecule has 0 N–H and O–H groups in total. The van der Waals surface area contributed by atoms with Gasteiger partial charge >= 0.3 is 12.1 Å². The number of ether oxygens (including phenoxy) is 2. The van der Waals surface area contributed by atoms with Crippen molar-refractivity contribution >= 4 is 0 Å². The first-order chi connectivity index (χ1) is 15.7. The van der Waals surface area contributed by atoms with E-state index in [-0.39, 0.29) is 19.0 Å². The summed E-state index contributed by atoms with van der Waals surface area (Å²) in [5.41, 5.74) is 2.52. The van der Waals surface area contributed by atoms with E-state index in [9.17, 15) is 13.2 Å². The molecule has 0 aliphatic heterocycles. The average Bonchev–Trinajstić information content (AvgIpc) is 3.42. The first-order valence-corrected chi connectivity index (χ1v) is 9.75. The van der Waals surface area contributed by atoms with Gasteiger partial charge in [-0.25, -0.2) is 4.98 Å². The summed E-state index contributed by atoms with van der Waals surface area (Å²) in [4.78, 5) is 11.8. The highest BCUT2D eigenvalue weighted by molar-refractivity contribution is 5.61. The monoisotopic (exact) mass is 461 g/mol. The van der Waals surface area contributed by atoms with Gasteiger partial charge in [0.1, 0.15) is 19.0 Å². The van der Waals surface area contributed by atoms with E-state index < -0.39 is 12.1 Å². The fourth-order valence-electron chi connectivity index (χ4n) is 3.07. The van der Waals surface area contributed by atoms with Crippen LogP contribution < -0.4 is 9.47 Å². The molecule has 9 nitrogen and oxygen atoms in total. The van der Waals surface area contributed by atoms with E-state index in [1.54, 1.807) is 51.2 Å². The molecule has 1 aromatic carbocycles. The van der Waals surface area contributed by atoms with Crippen molar-refractivity contribution in [2.75, 3.05) is 13.2 Å². The van der Waals surface area contributed by atoms with Crippen LogP contribution in [0.1, 0.15) is 22.9 Å². The zero-order valence-corrected chi connectivity index (χ0v) is 17.8. The van der Waals surface area contributed by atoms with Crippen molar-refractivity contribution in [3.8, 4) is 34.4 Å². The summed E-state index contributed by atoms with van der Waals surface area (Å²) in [6.45, 7) is 5.71. The molecule has 4 rings (SSSR count). The highest BCUT2D eigenvalue weighted by atomic mass is 19.4. The van der Waals surface area contributed by atoms with Gasteiger partial charge in [0.2, 0.25) is 23.4 Å². The number of halogens is 3. The third-order valence-electron chi connectivity index (χ3n) is 4.49. The molecule has 33 heavy (non-hydrogen) atoms. The van der Waals surface area contributed by atoms with Crippen LogP contribution in [-0.2, 0) is 6.18 Å². The van der Waals surface area contributed by atoms with E-state index in [0.29, 0.717) is 45.6 Å². The predicted octanol–water partition coefficient (Wildman–Crippen LogP) is 4.58. The molecule has 0 bridgehead atoms. The van der Waals surface area contributed by atoms with Crippen LogP contribution >= 0.6 is 0 Å². The third kappa shape index (κ3) is 5.10. The standard InChI is InChI=1S/C21H18F3N5O4/c1-11-8-15(19-27-20(33-29-19)21(22,23)24)9-12(2)17(11)31-7-6-30-16-5-4-14(10-25-16)18-26-13(3)32-28-18/h4-5,8-10H,6-7H2,1-3H3. The van der Waals surface area contributed by atoms with E-state index in [1.165, 1.54) is 0 Å². The Morgan fingerprint density at radius 2 is 1.52 bits per heavy atom. The number of pyridine rings is 1. The number of aromatic nitrogens is 5. The first kappa shape index (κ1) is 22.2. The van der Waals surface area contributed by atoms with E-state index in [1.807, 2.05) is 0 Å². The molecule has 0 radical (unpaired) electrons. The number of benzene rings is 1. The fraction of sp³-hybridized carbons (Fsp3) is 0.286. The van der Waals surface area contributed by atoms with Gasteiger partial charge in [0, 0.05) is 30.3 Å². The van der Waals surface area contributed by atoms with Crippen molar-refractivity contribution in [3.05, 3.63) is 53.4 Å². The van der Waals surface area contributed by atoms with Crippen LogP contribution in [0.2, 0.25) is 0 Å². The van der Waals surface area contributed by atoms with Gasteiger partial charge < -0.3 is 18.5 Å². The van der Waals surface area contributed by atoms with E-state index >= 15 is 0 Å². The molecule has 0 unspecified atom stereocenters. The van der Waals surface area contributed by atoms with Gasteiger partial charge in [-0.3, -0.25) is 0 Å². The number of hydrogen-bond donors (Lipinski definition) is 0. The van der Waals surface area contributed by atoms with E-state index in [0.717, 1.165) is 0 Å². The minimum atomic E-state index is -4.69. The Bertz CT molecular complexity index is 1230. The molecule has 0 aliphatic carbocycles. The summed E-state index contributed by atoms with van der Waals surface area (Å²) in [5, 5.41) is 7.24. The molecular weight excluding hydrogens is 443 g/mol. The predicted molar refractivity (Wildman–Crippen MR) is 107 cm³/mol. The Kier molecular flexibility index (Phi) is 5.99. The lowest BCUT2D eigenvalue weighted by molar-refractivity contribution is -0.159. The van der Waals surface area contributed by atoms with Crippen molar-refractivity contribution in [3.63, 3.8) is 0 Å². The maximum atomic E-state index is 12.7. The van der Waals surface area contributed by atoms with Crippen molar-refractivity contribution in [1.29, 1.82) is 0 Å². The molecule has 4 aromatic rings. The van der Waals surface area contributed by atoms with Crippen molar-refractivity contribution in [2.45, 2.75) is 26.9 Å². The summed E-state index contributed by atoms with van der Waals surface area (Å²) in [7, 11) is 0. The second-order valence-corrected chi connectivity index (χ2v) is 7.08. The summed E-state index contributed by atoms with van der Waals surface area (Å²) >= 11 is 0. The van der Waals surface area contributed by atoms with E-state index in [2.05, 4.69) is 29.8 Å². The molecule has 0 saturated heterocycles. The van der Waals surface area contributed by atoms with Gasteiger partial charge in [0.05, 0.1) is 0 Å². The smallest absolute Gasteiger partial charge is 0.471 e. The van der Waals surface area contributed by atoms with Crippen LogP contribution in [0.4, 0.5) is 13.2 Å². The third-order valence-corrected chi connectivity index (χ3v) is 4.49. The summed E-state index contributed by atoms with van der Waals surface area (Å²) in [5.74, 6) is 0.374. The van der Waals surface area contributed by atoms with Crippen LogP contribution in [0.3, 0.4) is 0 Å². The minimum Gasteiger partial charge on any atom is -0.489 e. The molecule has 0 aliphatic rings. The molecule has 0 saturated carbocycles. The van der Waals surface area contributed by atoms with E-state index in [4.69, 9.17) is 14.0 Å². The molecule has 0 amide bonds. The zero-order valence-electron chi connectivity index (χ0n) is 17.8. The van der Waals surface area contributed by atoms with Crippen LogP contribution in [0.15, 0.2) is 39.5 Å². The molecule has 0 spiro atoms. The Morgan fingerprint density at radius 3 is 2.09 bits per heavy atom. The normalized spacial score (nSPS) is 11.6. The average molecular weight is 461 g/mol. The lowest BCUT2D eigenvalue weighted by Crippen LogP contribution is -2.11. The second kappa shape index (κ2) is 8.88. The summed E-state index contributed by atoms with van der Waals surface area (Å²) < 4.78 is 58.7. The van der Waals surface area contributed by atoms with Crippen molar-refractivity contribution < 1.29 is 31.7 Å². The van der Waals surface area contributed by atoms with Gasteiger partial charge in [-0.2, -0.15) is 23.1 Å². The van der Waals surface area contributed by atoms with Crippen LogP contribution in [-0.4, -0.2) is 38.5 Å². The molecule has 3 aromatic heterocycles. The molecule has 0 fully saturated rings. The van der Waals surface area contributed by atoms with Gasteiger partial charge in [-0.1, -0.05) is 10.3 Å².